The van der Waals surface area contributed by atoms with Crippen LogP contribution in [0, 0.1) is 0 Å². The molecule has 0 saturated carbocycles. The van der Waals surface area contributed by atoms with Crippen molar-refractivity contribution in [3.63, 3.8) is 0 Å². The van der Waals surface area contributed by atoms with E-state index in [0.29, 0.717) is 6.42 Å². The Hall–Kier alpha value is -1.14. The maximum absolute atomic E-state index is 11.2. The zero-order chi connectivity index (χ0) is 12.8. The number of aromatic nitrogens is 1. The lowest BCUT2D eigenvalue weighted by Gasteiger charge is -2.16. The highest BCUT2D eigenvalue weighted by Gasteiger charge is 2.16. The van der Waals surface area contributed by atoms with Crippen molar-refractivity contribution in [2.75, 3.05) is 25.1 Å². The quantitative estimate of drug-likeness (QED) is 0.771. The second kappa shape index (κ2) is 6.56. The minimum absolute atomic E-state index is 0.386. The number of carbonyl (C=O) groups is 1. The molecular weight excluding hydrogens is 238 g/mol. The summed E-state index contributed by atoms with van der Waals surface area (Å²) < 4.78 is 4.59. The second-order valence-electron chi connectivity index (χ2n) is 3.62. The molecule has 0 bridgehead atoms. The lowest BCUT2D eigenvalue weighted by Crippen LogP contribution is -2.33. The topological polar surface area (TPSA) is 68.5 Å². The Morgan fingerprint density at radius 1 is 1.59 bits per heavy atom. The third kappa shape index (κ3) is 3.67. The molecule has 0 saturated heterocycles. The third-order valence-corrected chi connectivity index (χ3v) is 3.58. The molecule has 1 atom stereocenters. The van der Waals surface area contributed by atoms with E-state index >= 15 is 0 Å². The lowest BCUT2D eigenvalue weighted by molar-refractivity contribution is -0.142. The fourth-order valence-electron chi connectivity index (χ4n) is 1.48. The number of hydrogen-bond acceptors (Lipinski definition) is 6. The van der Waals surface area contributed by atoms with Crippen LogP contribution in [0.5, 0.6) is 0 Å². The smallest absolute Gasteiger partial charge is 0.323 e. The van der Waals surface area contributed by atoms with Crippen LogP contribution in [0.1, 0.15) is 18.7 Å². The first-order valence-electron chi connectivity index (χ1n) is 5.65. The second-order valence-corrected chi connectivity index (χ2v) is 4.71. The van der Waals surface area contributed by atoms with E-state index in [-0.39, 0.29) is 5.97 Å². The van der Waals surface area contributed by atoms with Gasteiger partial charge in [-0.05, 0) is 13.8 Å². The van der Waals surface area contributed by atoms with Gasteiger partial charge >= 0.3 is 5.97 Å². The number of methoxy groups -OCH3 is 1. The summed E-state index contributed by atoms with van der Waals surface area (Å²) >= 11 is 1.57. The predicted molar refractivity (Wildman–Crippen MR) is 69.4 cm³/mol. The Morgan fingerprint density at radius 2 is 2.24 bits per heavy atom. The van der Waals surface area contributed by atoms with Crippen LogP contribution < -0.4 is 10.6 Å². The molecule has 0 aliphatic heterocycles. The van der Waals surface area contributed by atoms with Crippen molar-refractivity contribution in [3.8, 4) is 0 Å². The SMILES string of the molecule is CCN(CC)c1ncc(CC(N)C(=O)OC)s1. The zero-order valence-corrected chi connectivity index (χ0v) is 11.3. The van der Waals surface area contributed by atoms with E-state index in [9.17, 15) is 4.79 Å². The van der Waals surface area contributed by atoms with Crippen LogP contribution in [-0.4, -0.2) is 37.2 Å². The summed E-state index contributed by atoms with van der Waals surface area (Å²) in [5.41, 5.74) is 5.70. The van der Waals surface area contributed by atoms with Crippen LogP contribution in [-0.2, 0) is 16.0 Å². The zero-order valence-electron chi connectivity index (χ0n) is 10.5. The summed E-state index contributed by atoms with van der Waals surface area (Å²) in [5, 5.41) is 0.974. The number of hydrogen-bond donors (Lipinski definition) is 1. The molecule has 1 aromatic rings. The molecule has 0 radical (unpaired) electrons. The van der Waals surface area contributed by atoms with E-state index in [1.165, 1.54) is 7.11 Å². The van der Waals surface area contributed by atoms with Crippen LogP contribution in [0.25, 0.3) is 0 Å². The van der Waals surface area contributed by atoms with Crippen molar-refractivity contribution >= 4 is 22.4 Å². The average Bonchev–Trinajstić information content (AvgIpc) is 2.78. The number of nitrogens with zero attached hydrogens (tertiary/aromatic N) is 2. The van der Waals surface area contributed by atoms with Crippen molar-refractivity contribution < 1.29 is 9.53 Å². The van der Waals surface area contributed by atoms with Crippen LogP contribution in [0.3, 0.4) is 0 Å². The number of anilines is 1. The van der Waals surface area contributed by atoms with E-state index < -0.39 is 6.04 Å². The van der Waals surface area contributed by atoms with Gasteiger partial charge in [0, 0.05) is 30.6 Å². The molecule has 0 aliphatic carbocycles. The molecular formula is C11H19N3O2S. The van der Waals surface area contributed by atoms with Crippen molar-refractivity contribution in [2.45, 2.75) is 26.3 Å². The highest BCUT2D eigenvalue weighted by atomic mass is 32.1. The monoisotopic (exact) mass is 257 g/mol. The van der Waals surface area contributed by atoms with Crippen LogP contribution in [0.2, 0.25) is 0 Å². The fraction of sp³-hybridized carbons (Fsp3) is 0.636. The molecule has 0 amide bonds. The van der Waals surface area contributed by atoms with Crippen molar-refractivity contribution in [1.29, 1.82) is 0 Å². The first-order chi connectivity index (χ1) is 8.12. The molecule has 0 fully saturated rings. The maximum atomic E-state index is 11.2. The summed E-state index contributed by atoms with van der Waals surface area (Å²) in [6.07, 6.45) is 2.26. The van der Waals surface area contributed by atoms with Gasteiger partial charge in [-0.1, -0.05) is 0 Å². The highest BCUT2D eigenvalue weighted by Crippen LogP contribution is 2.23. The number of esters is 1. The molecule has 6 heteroatoms. The molecule has 5 nitrogen and oxygen atoms in total. The van der Waals surface area contributed by atoms with Gasteiger partial charge in [0.05, 0.1) is 7.11 Å². The number of nitrogens with two attached hydrogens (primary N) is 1. The van der Waals surface area contributed by atoms with Crippen molar-refractivity contribution in [2.24, 2.45) is 5.73 Å². The van der Waals surface area contributed by atoms with E-state index in [2.05, 4.69) is 28.5 Å². The third-order valence-electron chi connectivity index (χ3n) is 2.50. The van der Waals surface area contributed by atoms with Gasteiger partial charge < -0.3 is 15.4 Å². The summed E-state index contributed by atoms with van der Waals surface area (Å²) in [6, 6.07) is -0.606. The van der Waals surface area contributed by atoms with Gasteiger partial charge in [0.15, 0.2) is 5.13 Å². The Balaban J connectivity index is 2.65. The van der Waals surface area contributed by atoms with E-state index in [1.54, 1.807) is 17.5 Å². The van der Waals surface area contributed by atoms with Crippen LogP contribution >= 0.6 is 11.3 Å². The molecule has 1 aromatic heterocycles. The van der Waals surface area contributed by atoms with Gasteiger partial charge in [0.25, 0.3) is 0 Å². The van der Waals surface area contributed by atoms with E-state index in [1.807, 2.05) is 0 Å². The molecule has 96 valence electrons. The first-order valence-corrected chi connectivity index (χ1v) is 6.47. The Kier molecular flexibility index (Phi) is 5.37. The molecule has 2 N–H and O–H groups in total. The van der Waals surface area contributed by atoms with Gasteiger partial charge in [0.1, 0.15) is 6.04 Å². The fourth-order valence-corrected chi connectivity index (χ4v) is 2.58. The summed E-state index contributed by atoms with van der Waals surface area (Å²) in [4.78, 5) is 18.7. The lowest BCUT2D eigenvalue weighted by atomic mass is 10.2. The Bertz CT molecular complexity index is 363. The van der Waals surface area contributed by atoms with Gasteiger partial charge in [-0.25, -0.2) is 4.98 Å². The molecule has 1 rings (SSSR count). The number of rotatable bonds is 6. The molecule has 17 heavy (non-hydrogen) atoms. The Labute approximate surface area is 106 Å². The maximum Gasteiger partial charge on any atom is 0.323 e. The summed E-state index contributed by atoms with van der Waals surface area (Å²) in [6.45, 7) is 6.02. The number of ether oxygens (including phenoxy) is 1. The molecule has 1 unspecified atom stereocenters. The van der Waals surface area contributed by atoms with Gasteiger partial charge in [-0.2, -0.15) is 0 Å². The minimum Gasteiger partial charge on any atom is -0.468 e. The summed E-state index contributed by atoms with van der Waals surface area (Å²) in [5.74, 6) is -0.386. The van der Waals surface area contributed by atoms with Gasteiger partial charge in [0.2, 0.25) is 0 Å². The Morgan fingerprint density at radius 3 is 2.76 bits per heavy atom. The van der Waals surface area contributed by atoms with Gasteiger partial charge in [-0.3, -0.25) is 4.79 Å². The number of thiazole rings is 1. The van der Waals surface area contributed by atoms with E-state index in [0.717, 1.165) is 23.1 Å². The van der Waals surface area contributed by atoms with Crippen molar-refractivity contribution in [1.82, 2.24) is 4.98 Å². The average molecular weight is 257 g/mol. The van der Waals surface area contributed by atoms with E-state index in [4.69, 9.17) is 5.73 Å². The predicted octanol–water partition coefficient (Wildman–Crippen LogP) is 1.03. The minimum atomic E-state index is -0.606. The molecule has 0 aliphatic rings. The standard InChI is InChI=1S/C11H19N3O2S/c1-4-14(5-2)11-13-7-8(17-11)6-9(12)10(15)16-3/h7,9H,4-6,12H2,1-3H3. The highest BCUT2D eigenvalue weighted by molar-refractivity contribution is 7.15. The normalized spacial score (nSPS) is 12.2. The molecule has 0 spiro atoms. The number of carbonyl (C=O) groups excluding carboxylic acids is 1. The first kappa shape index (κ1) is 13.9. The molecule has 1 heterocycles. The van der Waals surface area contributed by atoms with Gasteiger partial charge in [-0.15, -0.1) is 11.3 Å². The van der Waals surface area contributed by atoms with Crippen LogP contribution in [0.15, 0.2) is 6.20 Å². The molecule has 0 aromatic carbocycles. The van der Waals surface area contributed by atoms with Crippen molar-refractivity contribution in [3.05, 3.63) is 11.1 Å². The van der Waals surface area contributed by atoms with Crippen LogP contribution in [0.4, 0.5) is 5.13 Å². The largest absolute Gasteiger partial charge is 0.468 e. The summed E-state index contributed by atoms with van der Waals surface area (Å²) in [7, 11) is 1.34.